The van der Waals surface area contributed by atoms with Crippen molar-refractivity contribution < 1.29 is 9.90 Å². The van der Waals surface area contributed by atoms with Gasteiger partial charge in [-0.05, 0) is 30.4 Å². The van der Waals surface area contributed by atoms with Crippen molar-refractivity contribution in [1.29, 1.82) is 0 Å². The molecule has 0 aromatic heterocycles. The number of aliphatic hydroxyl groups is 1. The number of fused-ring (bicyclic) bond motifs is 1. The second-order valence-electron chi connectivity index (χ2n) is 5.42. The molecule has 2 N–H and O–H groups in total. The highest BCUT2D eigenvalue weighted by Gasteiger charge is 2.34. The molecule has 3 atom stereocenters. The lowest BCUT2D eigenvalue weighted by Crippen LogP contribution is -2.48. The molecular formula is C15H19NO2. The monoisotopic (exact) mass is 245 g/mol. The van der Waals surface area contributed by atoms with E-state index in [1.54, 1.807) is 0 Å². The maximum Gasteiger partial charge on any atom is 0.228 e. The fraction of sp³-hybridized carbons (Fsp3) is 0.533. The van der Waals surface area contributed by atoms with Crippen molar-refractivity contribution in [2.75, 3.05) is 0 Å². The van der Waals surface area contributed by atoms with Crippen LogP contribution in [0.15, 0.2) is 24.3 Å². The molecule has 1 aromatic rings. The number of rotatable bonds is 2. The van der Waals surface area contributed by atoms with Crippen LogP contribution in [0.1, 0.15) is 42.7 Å². The maximum atomic E-state index is 12.2. The third-order valence-electron chi connectivity index (χ3n) is 4.23. The van der Waals surface area contributed by atoms with Crippen LogP contribution in [0.3, 0.4) is 0 Å². The standard InChI is InChI=1S/C15H19NO2/c17-14-8-4-3-7-13(14)16-15(18)12-9-10-5-1-2-6-11(10)12/h1-2,5-6,12-14,17H,3-4,7-9H2,(H,16,18)/t12?,13-,14-/m0/s1. The topological polar surface area (TPSA) is 49.3 Å². The van der Waals surface area contributed by atoms with Gasteiger partial charge in [0.15, 0.2) is 0 Å². The van der Waals surface area contributed by atoms with Gasteiger partial charge in [0.25, 0.3) is 0 Å². The number of benzene rings is 1. The Morgan fingerprint density at radius 2 is 2.00 bits per heavy atom. The van der Waals surface area contributed by atoms with Crippen LogP contribution in [0.4, 0.5) is 0 Å². The number of carbonyl (C=O) groups excluding carboxylic acids is 1. The van der Waals surface area contributed by atoms with Crippen molar-refractivity contribution in [2.24, 2.45) is 0 Å². The molecule has 0 spiro atoms. The quantitative estimate of drug-likeness (QED) is 0.834. The average Bonchev–Trinajstić information content (AvgIpc) is 2.34. The van der Waals surface area contributed by atoms with Crippen LogP contribution in [0.25, 0.3) is 0 Å². The Hall–Kier alpha value is -1.35. The molecule has 96 valence electrons. The molecule has 1 amide bonds. The normalized spacial score (nSPS) is 30.2. The second kappa shape index (κ2) is 4.73. The van der Waals surface area contributed by atoms with Crippen LogP contribution in [0, 0.1) is 0 Å². The molecule has 2 aliphatic rings. The maximum absolute atomic E-state index is 12.2. The van der Waals surface area contributed by atoms with Gasteiger partial charge in [-0.25, -0.2) is 0 Å². The molecule has 0 bridgehead atoms. The Balaban J connectivity index is 1.63. The third kappa shape index (κ3) is 2.03. The van der Waals surface area contributed by atoms with Gasteiger partial charge in [-0.15, -0.1) is 0 Å². The van der Waals surface area contributed by atoms with Crippen molar-refractivity contribution in [1.82, 2.24) is 5.32 Å². The van der Waals surface area contributed by atoms with Gasteiger partial charge >= 0.3 is 0 Å². The molecule has 1 fully saturated rings. The van der Waals surface area contributed by atoms with Crippen LogP contribution >= 0.6 is 0 Å². The molecule has 3 nitrogen and oxygen atoms in total. The summed E-state index contributed by atoms with van der Waals surface area (Å²) in [6.45, 7) is 0. The van der Waals surface area contributed by atoms with Gasteiger partial charge in [-0.1, -0.05) is 37.1 Å². The van der Waals surface area contributed by atoms with Gasteiger partial charge in [0.2, 0.25) is 5.91 Å². The molecule has 3 heteroatoms. The number of hydrogen-bond donors (Lipinski definition) is 2. The highest BCUT2D eigenvalue weighted by Crippen LogP contribution is 2.35. The Labute approximate surface area is 107 Å². The van der Waals surface area contributed by atoms with Gasteiger partial charge in [0, 0.05) is 0 Å². The van der Waals surface area contributed by atoms with Gasteiger partial charge in [0.05, 0.1) is 18.1 Å². The van der Waals surface area contributed by atoms with E-state index < -0.39 is 0 Å². The lowest BCUT2D eigenvalue weighted by atomic mass is 9.77. The van der Waals surface area contributed by atoms with Crippen LogP contribution in [-0.4, -0.2) is 23.2 Å². The molecule has 0 heterocycles. The van der Waals surface area contributed by atoms with Gasteiger partial charge < -0.3 is 10.4 Å². The van der Waals surface area contributed by atoms with E-state index >= 15 is 0 Å². The zero-order chi connectivity index (χ0) is 12.5. The zero-order valence-electron chi connectivity index (χ0n) is 10.4. The van der Waals surface area contributed by atoms with E-state index in [0.717, 1.165) is 37.7 Å². The molecule has 0 saturated heterocycles. The van der Waals surface area contributed by atoms with Gasteiger partial charge in [-0.3, -0.25) is 4.79 Å². The molecule has 18 heavy (non-hydrogen) atoms. The summed E-state index contributed by atoms with van der Waals surface area (Å²) in [5.41, 5.74) is 2.43. The number of hydrogen-bond acceptors (Lipinski definition) is 2. The highest BCUT2D eigenvalue weighted by atomic mass is 16.3. The second-order valence-corrected chi connectivity index (χ2v) is 5.42. The first kappa shape index (κ1) is 11.7. The van der Waals surface area contributed by atoms with Crippen molar-refractivity contribution >= 4 is 5.91 Å². The summed E-state index contributed by atoms with van der Waals surface area (Å²) >= 11 is 0. The number of carbonyl (C=O) groups is 1. The molecular weight excluding hydrogens is 226 g/mol. The zero-order valence-corrected chi connectivity index (χ0v) is 10.4. The minimum atomic E-state index is -0.363. The van der Waals surface area contributed by atoms with Crippen LogP contribution in [0.2, 0.25) is 0 Å². The van der Waals surface area contributed by atoms with E-state index in [2.05, 4.69) is 11.4 Å². The molecule has 1 unspecified atom stereocenters. The molecule has 2 aliphatic carbocycles. The van der Waals surface area contributed by atoms with Crippen LogP contribution in [-0.2, 0) is 11.2 Å². The first-order chi connectivity index (χ1) is 8.75. The van der Waals surface area contributed by atoms with E-state index in [9.17, 15) is 9.90 Å². The lowest BCUT2D eigenvalue weighted by Gasteiger charge is -2.33. The van der Waals surface area contributed by atoms with Crippen LogP contribution in [0.5, 0.6) is 0 Å². The molecule has 1 saturated carbocycles. The predicted octanol–water partition coefficient (Wildman–Crippen LogP) is 1.75. The summed E-state index contributed by atoms with van der Waals surface area (Å²) < 4.78 is 0. The summed E-state index contributed by atoms with van der Waals surface area (Å²) in [5, 5.41) is 12.9. The minimum Gasteiger partial charge on any atom is -0.391 e. The van der Waals surface area contributed by atoms with Crippen molar-refractivity contribution in [3.63, 3.8) is 0 Å². The lowest BCUT2D eigenvalue weighted by molar-refractivity contribution is -0.125. The number of aliphatic hydroxyl groups excluding tert-OH is 1. The minimum absolute atomic E-state index is 0.00433. The van der Waals surface area contributed by atoms with E-state index in [1.807, 2.05) is 18.2 Å². The first-order valence-electron chi connectivity index (χ1n) is 6.82. The Morgan fingerprint density at radius 1 is 1.22 bits per heavy atom. The highest BCUT2D eigenvalue weighted by molar-refractivity contribution is 5.87. The fourth-order valence-corrected chi connectivity index (χ4v) is 3.06. The Bertz CT molecular complexity index is 458. The van der Waals surface area contributed by atoms with E-state index in [-0.39, 0.29) is 24.0 Å². The molecule has 3 rings (SSSR count). The summed E-state index contributed by atoms with van der Waals surface area (Å²) in [4.78, 5) is 12.2. The molecule has 0 aliphatic heterocycles. The van der Waals surface area contributed by atoms with E-state index in [4.69, 9.17) is 0 Å². The van der Waals surface area contributed by atoms with E-state index in [1.165, 1.54) is 5.56 Å². The summed E-state index contributed by atoms with van der Waals surface area (Å²) in [7, 11) is 0. The summed E-state index contributed by atoms with van der Waals surface area (Å²) in [5.74, 6) is 0.0787. The van der Waals surface area contributed by atoms with Crippen molar-refractivity contribution in [3.05, 3.63) is 35.4 Å². The summed E-state index contributed by atoms with van der Waals surface area (Å²) in [6, 6.07) is 8.06. The predicted molar refractivity (Wildman–Crippen MR) is 69.3 cm³/mol. The smallest absolute Gasteiger partial charge is 0.228 e. The SMILES string of the molecule is O=C(N[C@H]1CCCC[C@@H]1O)C1Cc2ccccc21. The van der Waals surface area contributed by atoms with Crippen LogP contribution < -0.4 is 5.32 Å². The Kier molecular flexibility index (Phi) is 3.08. The van der Waals surface area contributed by atoms with Crippen molar-refractivity contribution in [3.8, 4) is 0 Å². The molecule has 1 aromatic carbocycles. The number of nitrogens with one attached hydrogen (secondary N) is 1. The first-order valence-corrected chi connectivity index (χ1v) is 6.82. The fourth-order valence-electron chi connectivity index (χ4n) is 3.06. The molecule has 0 radical (unpaired) electrons. The third-order valence-corrected chi connectivity index (χ3v) is 4.23. The average molecular weight is 245 g/mol. The number of amides is 1. The largest absolute Gasteiger partial charge is 0.391 e. The van der Waals surface area contributed by atoms with Gasteiger partial charge in [0.1, 0.15) is 0 Å². The summed E-state index contributed by atoms with van der Waals surface area (Å²) in [6.07, 6.45) is 4.36. The van der Waals surface area contributed by atoms with E-state index in [0.29, 0.717) is 0 Å². The Morgan fingerprint density at radius 3 is 2.78 bits per heavy atom. The van der Waals surface area contributed by atoms with Crippen molar-refractivity contribution in [2.45, 2.75) is 50.2 Å². The van der Waals surface area contributed by atoms with Gasteiger partial charge in [-0.2, -0.15) is 0 Å².